The molecule has 0 bridgehead atoms. The number of hydrogen-bond donors (Lipinski definition) is 2. The summed E-state index contributed by atoms with van der Waals surface area (Å²) in [5, 5.41) is 21.8. The molecule has 0 fully saturated rings. The van der Waals surface area contributed by atoms with Crippen LogP contribution in [-0.4, -0.2) is 22.8 Å². The lowest BCUT2D eigenvalue weighted by molar-refractivity contribution is 0.322. The number of oxime groups is 2. The van der Waals surface area contributed by atoms with Gasteiger partial charge in [-0.15, -0.1) is 0 Å². The summed E-state index contributed by atoms with van der Waals surface area (Å²) in [5.74, 6) is 0. The van der Waals surface area contributed by atoms with Gasteiger partial charge in [0.2, 0.25) is 0 Å². The highest BCUT2D eigenvalue weighted by Crippen LogP contribution is 2.00. The zero-order valence-electron chi connectivity index (χ0n) is 12.0. The largest absolute Gasteiger partial charge is 0.411 e. The van der Waals surface area contributed by atoms with Crippen molar-refractivity contribution in [3.05, 3.63) is 83.9 Å². The molecule has 2 aromatic rings. The summed E-state index contributed by atoms with van der Waals surface area (Å²) in [6, 6.07) is 19.6. The second kappa shape index (κ2) is 11.7. The van der Waals surface area contributed by atoms with Crippen molar-refractivity contribution in [1.29, 1.82) is 0 Å². The summed E-state index contributed by atoms with van der Waals surface area (Å²) in [6.07, 6.45) is 9.73. The molecule has 2 N–H and O–H groups in total. The van der Waals surface area contributed by atoms with Crippen LogP contribution in [0.2, 0.25) is 0 Å². The Bertz CT molecular complexity index is 561. The maximum Gasteiger partial charge on any atom is 0.0661 e. The Morgan fingerprint density at radius 3 is 1.27 bits per heavy atom. The van der Waals surface area contributed by atoms with E-state index >= 15 is 0 Å². The molecule has 112 valence electrons. The predicted molar refractivity (Wildman–Crippen MR) is 91.5 cm³/mol. The zero-order chi connectivity index (χ0) is 15.9. The summed E-state index contributed by atoms with van der Waals surface area (Å²) >= 11 is 0. The van der Waals surface area contributed by atoms with Gasteiger partial charge < -0.3 is 10.4 Å². The standard InChI is InChI=1S/2C9H9NO/c2*11-10-8-4-7-9-5-2-1-3-6-9/h2*1-8,11H/b2*7-4+,10-8-. The van der Waals surface area contributed by atoms with E-state index in [0.717, 1.165) is 11.1 Å². The van der Waals surface area contributed by atoms with Crippen LogP contribution in [0.1, 0.15) is 11.1 Å². The van der Waals surface area contributed by atoms with E-state index in [1.54, 1.807) is 12.2 Å². The van der Waals surface area contributed by atoms with Crippen LogP contribution >= 0.6 is 0 Å². The molecule has 2 rings (SSSR count). The van der Waals surface area contributed by atoms with Crippen LogP contribution in [-0.2, 0) is 0 Å². The van der Waals surface area contributed by atoms with E-state index in [0.29, 0.717) is 0 Å². The van der Waals surface area contributed by atoms with E-state index in [9.17, 15) is 0 Å². The highest BCUT2D eigenvalue weighted by atomic mass is 16.4. The first-order chi connectivity index (χ1) is 10.9. The fraction of sp³-hybridized carbons (Fsp3) is 0. The molecule has 0 aliphatic rings. The van der Waals surface area contributed by atoms with E-state index in [1.807, 2.05) is 72.8 Å². The highest BCUT2D eigenvalue weighted by Gasteiger charge is 1.79. The molecule has 0 saturated heterocycles. The minimum absolute atomic E-state index is 1.09. The van der Waals surface area contributed by atoms with Gasteiger partial charge in [0.1, 0.15) is 0 Å². The number of allylic oxidation sites excluding steroid dienone is 2. The quantitative estimate of drug-likeness (QED) is 0.501. The topological polar surface area (TPSA) is 65.2 Å². The van der Waals surface area contributed by atoms with Crippen LogP contribution in [0.25, 0.3) is 12.2 Å². The average Bonchev–Trinajstić information content (AvgIpc) is 2.58. The minimum atomic E-state index is 1.09. The fourth-order valence-electron chi connectivity index (χ4n) is 1.51. The molecule has 0 heterocycles. The van der Waals surface area contributed by atoms with Gasteiger partial charge in [-0.3, -0.25) is 0 Å². The molecule has 2 aromatic carbocycles. The number of hydrogen-bond acceptors (Lipinski definition) is 4. The first kappa shape index (κ1) is 16.9. The molecule has 0 spiro atoms. The molecule has 0 aromatic heterocycles. The third-order valence-corrected chi connectivity index (χ3v) is 2.48. The van der Waals surface area contributed by atoms with E-state index in [4.69, 9.17) is 10.4 Å². The average molecular weight is 294 g/mol. The van der Waals surface area contributed by atoms with Gasteiger partial charge in [-0.2, -0.15) is 0 Å². The van der Waals surface area contributed by atoms with Crippen molar-refractivity contribution >= 4 is 24.6 Å². The summed E-state index contributed by atoms with van der Waals surface area (Å²) < 4.78 is 0. The van der Waals surface area contributed by atoms with E-state index in [1.165, 1.54) is 12.4 Å². The fourth-order valence-corrected chi connectivity index (χ4v) is 1.51. The van der Waals surface area contributed by atoms with Crippen LogP contribution in [0, 0.1) is 0 Å². The summed E-state index contributed by atoms with van der Waals surface area (Å²) in [7, 11) is 0. The second-order valence-corrected chi connectivity index (χ2v) is 4.07. The van der Waals surface area contributed by atoms with Crippen LogP contribution in [0.5, 0.6) is 0 Å². The molecular formula is C18H18N2O2. The summed E-state index contributed by atoms with van der Waals surface area (Å²) in [5.41, 5.74) is 2.18. The minimum Gasteiger partial charge on any atom is -0.411 e. The van der Waals surface area contributed by atoms with Gasteiger partial charge in [0.25, 0.3) is 0 Å². The number of rotatable bonds is 4. The predicted octanol–water partition coefficient (Wildman–Crippen LogP) is 4.32. The Hall–Kier alpha value is -3.14. The third-order valence-electron chi connectivity index (χ3n) is 2.48. The van der Waals surface area contributed by atoms with Crippen LogP contribution in [0.4, 0.5) is 0 Å². The third kappa shape index (κ3) is 8.12. The van der Waals surface area contributed by atoms with Crippen molar-refractivity contribution in [1.82, 2.24) is 0 Å². The van der Waals surface area contributed by atoms with Crippen molar-refractivity contribution in [2.75, 3.05) is 0 Å². The summed E-state index contributed by atoms with van der Waals surface area (Å²) in [6.45, 7) is 0. The van der Waals surface area contributed by atoms with Gasteiger partial charge in [-0.25, -0.2) is 0 Å². The molecule has 0 aliphatic heterocycles. The molecule has 4 nitrogen and oxygen atoms in total. The lowest BCUT2D eigenvalue weighted by Gasteiger charge is -1.87. The normalized spacial score (nSPS) is 11.3. The maximum atomic E-state index is 8.06. The van der Waals surface area contributed by atoms with E-state index < -0.39 is 0 Å². The summed E-state index contributed by atoms with van der Waals surface area (Å²) in [4.78, 5) is 0. The van der Waals surface area contributed by atoms with Crippen molar-refractivity contribution in [3.63, 3.8) is 0 Å². The maximum absolute atomic E-state index is 8.06. The van der Waals surface area contributed by atoms with Gasteiger partial charge in [0.05, 0.1) is 12.4 Å². The Labute approximate surface area is 130 Å². The van der Waals surface area contributed by atoms with Gasteiger partial charge in [0.15, 0.2) is 0 Å². The van der Waals surface area contributed by atoms with Gasteiger partial charge in [0, 0.05) is 0 Å². The molecule has 0 radical (unpaired) electrons. The molecule has 4 heteroatoms. The van der Waals surface area contributed by atoms with Crippen molar-refractivity contribution < 1.29 is 10.4 Å². The second-order valence-electron chi connectivity index (χ2n) is 4.07. The molecule has 22 heavy (non-hydrogen) atoms. The molecule has 0 unspecified atom stereocenters. The van der Waals surface area contributed by atoms with Crippen LogP contribution < -0.4 is 0 Å². The Morgan fingerprint density at radius 2 is 0.955 bits per heavy atom. The monoisotopic (exact) mass is 294 g/mol. The SMILES string of the molecule is O/N=C\C=C\c1ccccc1.O/N=C\C=C\c1ccccc1. The van der Waals surface area contributed by atoms with Crippen molar-refractivity contribution in [3.8, 4) is 0 Å². The van der Waals surface area contributed by atoms with Crippen molar-refractivity contribution in [2.24, 2.45) is 10.3 Å². The zero-order valence-corrected chi connectivity index (χ0v) is 12.0. The van der Waals surface area contributed by atoms with Crippen LogP contribution in [0.3, 0.4) is 0 Å². The Morgan fingerprint density at radius 1 is 0.591 bits per heavy atom. The Balaban J connectivity index is 0.000000220. The first-order valence-corrected chi connectivity index (χ1v) is 6.65. The number of benzene rings is 2. The first-order valence-electron chi connectivity index (χ1n) is 6.65. The smallest absolute Gasteiger partial charge is 0.0661 e. The highest BCUT2D eigenvalue weighted by molar-refractivity contribution is 5.78. The Kier molecular flexibility index (Phi) is 8.97. The van der Waals surface area contributed by atoms with Gasteiger partial charge >= 0.3 is 0 Å². The lowest BCUT2D eigenvalue weighted by Crippen LogP contribution is -1.68. The van der Waals surface area contributed by atoms with E-state index in [2.05, 4.69) is 10.3 Å². The molecule has 0 atom stereocenters. The molecule has 0 amide bonds. The van der Waals surface area contributed by atoms with Crippen molar-refractivity contribution in [2.45, 2.75) is 0 Å². The molecule has 0 aliphatic carbocycles. The van der Waals surface area contributed by atoms with Gasteiger partial charge in [-0.05, 0) is 23.3 Å². The molecule has 0 saturated carbocycles. The van der Waals surface area contributed by atoms with E-state index in [-0.39, 0.29) is 0 Å². The van der Waals surface area contributed by atoms with Crippen LogP contribution in [0.15, 0.2) is 83.1 Å². The lowest BCUT2D eigenvalue weighted by atomic mass is 10.2. The van der Waals surface area contributed by atoms with Gasteiger partial charge in [-0.1, -0.05) is 83.1 Å². The molecular weight excluding hydrogens is 276 g/mol. The number of nitrogens with zero attached hydrogens (tertiary/aromatic N) is 2.